The normalized spacial score (nSPS) is 17.4. The van der Waals surface area contributed by atoms with E-state index in [0.717, 1.165) is 42.3 Å². The minimum absolute atomic E-state index is 0.00278. The van der Waals surface area contributed by atoms with Gasteiger partial charge in [-0.2, -0.15) is 0 Å². The minimum Gasteiger partial charge on any atom is -0.378 e. The lowest BCUT2D eigenvalue weighted by atomic mass is 10.1. The van der Waals surface area contributed by atoms with Crippen LogP contribution in [0.15, 0.2) is 41.0 Å². The summed E-state index contributed by atoms with van der Waals surface area (Å²) in [6.45, 7) is 16.9. The molecule has 0 unspecified atom stereocenters. The lowest BCUT2D eigenvalue weighted by molar-refractivity contribution is -0.131. The molecule has 7 heterocycles. The molecule has 340 valence electrons. The van der Waals surface area contributed by atoms with Gasteiger partial charge < -0.3 is 44.2 Å². The number of aromatic nitrogens is 3. The number of halogens is 5. The molecule has 4 aliphatic heterocycles. The van der Waals surface area contributed by atoms with Gasteiger partial charge in [0, 0.05) is 105 Å². The Balaban J connectivity index is 0.000000206. The van der Waals surface area contributed by atoms with Crippen molar-refractivity contribution in [2.45, 2.75) is 27.7 Å². The molecule has 1 N–H and O–H groups in total. The van der Waals surface area contributed by atoms with E-state index >= 15 is 4.39 Å². The number of benzene rings is 2. The van der Waals surface area contributed by atoms with Crippen LogP contribution in [0.4, 0.5) is 52.1 Å². The molecule has 2 aromatic carbocycles. The average Bonchev–Trinajstić information content (AvgIpc) is 3.28. The molecule has 0 radical (unpaired) electrons. The van der Waals surface area contributed by atoms with Crippen LogP contribution in [0.2, 0.25) is 0 Å². The van der Waals surface area contributed by atoms with E-state index in [9.17, 15) is 22.8 Å². The second-order valence-electron chi connectivity index (χ2n) is 16.1. The molecule has 3 aromatic heterocycles. The van der Waals surface area contributed by atoms with Crippen molar-refractivity contribution in [2.24, 2.45) is 0 Å². The Morgan fingerprint density at radius 3 is 1.66 bits per heavy atom. The van der Waals surface area contributed by atoms with E-state index in [1.165, 1.54) is 12.1 Å². The summed E-state index contributed by atoms with van der Waals surface area (Å²) in [4.78, 5) is 50.5. The summed E-state index contributed by atoms with van der Waals surface area (Å²) in [5.41, 5.74) is 3.93. The number of ether oxygens (including phenoxy) is 2. The Hall–Kier alpha value is -5.53. The largest absolute Gasteiger partial charge is 0.378 e. The quantitative estimate of drug-likeness (QED) is 0.170. The number of fused-ring (bicyclic) bond motifs is 2. The molecule has 5 aromatic rings. The number of nitrogens with zero attached hydrogens (tertiary/aromatic N) is 9. The van der Waals surface area contributed by atoms with Crippen molar-refractivity contribution in [1.82, 2.24) is 24.8 Å². The Bertz CT molecular complexity index is 2580. The van der Waals surface area contributed by atoms with Gasteiger partial charge in [0.2, 0.25) is 11.8 Å². The number of amides is 2. The fraction of sp³-hybridized carbons (Fsp3) is 0.444. The SMILES string of the molecule is CCN1CCN(c2nc3cc(F)cc(F)c3c(Br)c2C)CC1=O.CCN1CCN(c2nc3cc(F)cc(F)c3c(Nc3cc(N4CCOCC4)cnc3N3CCOCC3)c2C)CC1=O. The van der Waals surface area contributed by atoms with Crippen LogP contribution in [0, 0.1) is 37.1 Å². The van der Waals surface area contributed by atoms with Crippen molar-refractivity contribution in [2.75, 3.05) is 130 Å². The zero-order valence-electron chi connectivity index (χ0n) is 36.3. The van der Waals surface area contributed by atoms with Crippen LogP contribution in [0.25, 0.3) is 21.8 Å². The number of piperazine rings is 2. The fourth-order valence-corrected chi connectivity index (χ4v) is 9.23. The zero-order chi connectivity index (χ0) is 45.2. The third-order valence-electron chi connectivity index (χ3n) is 12.2. The average molecular weight is 952 g/mol. The van der Waals surface area contributed by atoms with Crippen LogP contribution in [0.1, 0.15) is 25.0 Å². The highest BCUT2D eigenvalue weighted by molar-refractivity contribution is 9.10. The Morgan fingerprint density at radius 2 is 1.12 bits per heavy atom. The number of rotatable bonds is 8. The molecule has 14 nitrogen and oxygen atoms in total. The molecule has 4 fully saturated rings. The second-order valence-corrected chi connectivity index (χ2v) is 16.8. The van der Waals surface area contributed by atoms with Crippen molar-refractivity contribution in [3.63, 3.8) is 0 Å². The van der Waals surface area contributed by atoms with E-state index in [1.807, 2.05) is 49.8 Å². The van der Waals surface area contributed by atoms with Gasteiger partial charge in [-0.05, 0) is 49.7 Å². The standard InChI is InChI=1S/C29H35F2N7O3.C16H16BrF2N3O/c1-3-35-4-5-38(18-25(35)39)28-19(2)27(26-22(31)14-20(30)15-23(26)34-28)33-24-16-21(36-6-10-40-11-7-36)17-32-29(24)37-8-12-41-13-9-37;1-3-21-4-5-22(8-13(21)23)16-9(2)15(17)14-11(19)6-10(18)7-12(14)20-16/h14-17H,3-13,18H2,1-2H3,(H,33,34);6-7H,3-5,8H2,1-2H3. The predicted molar refractivity (Wildman–Crippen MR) is 243 cm³/mol. The molecule has 64 heavy (non-hydrogen) atoms. The number of pyridine rings is 3. The smallest absolute Gasteiger partial charge is 0.242 e. The number of nitrogens with one attached hydrogen (secondary N) is 1. The highest BCUT2D eigenvalue weighted by Crippen LogP contribution is 2.40. The van der Waals surface area contributed by atoms with Crippen molar-refractivity contribution in [3.8, 4) is 0 Å². The maximum absolute atomic E-state index is 15.5. The molecule has 0 bridgehead atoms. The van der Waals surface area contributed by atoms with E-state index < -0.39 is 23.3 Å². The maximum Gasteiger partial charge on any atom is 0.242 e. The first-order chi connectivity index (χ1) is 30.8. The molecule has 4 aliphatic rings. The number of hydrogen-bond donors (Lipinski definition) is 1. The molecule has 4 saturated heterocycles. The van der Waals surface area contributed by atoms with E-state index in [-0.39, 0.29) is 46.7 Å². The molecule has 19 heteroatoms. The first-order valence-corrected chi connectivity index (χ1v) is 22.4. The summed E-state index contributed by atoms with van der Waals surface area (Å²) in [5.74, 6) is -0.874. The Morgan fingerprint density at radius 1 is 0.625 bits per heavy atom. The lowest BCUT2D eigenvalue weighted by Crippen LogP contribution is -2.50. The fourth-order valence-electron chi connectivity index (χ4n) is 8.66. The van der Waals surface area contributed by atoms with Crippen molar-refractivity contribution in [1.29, 1.82) is 0 Å². The summed E-state index contributed by atoms with van der Waals surface area (Å²) in [5, 5.41) is 3.95. The van der Waals surface area contributed by atoms with Crippen LogP contribution >= 0.6 is 15.9 Å². The first kappa shape index (κ1) is 45.1. The summed E-state index contributed by atoms with van der Waals surface area (Å²) in [6, 6.07) is 6.19. The number of morpholine rings is 2. The molecule has 2 amide bonds. The van der Waals surface area contributed by atoms with E-state index in [1.54, 1.807) is 9.80 Å². The third kappa shape index (κ3) is 9.19. The van der Waals surface area contributed by atoms with Gasteiger partial charge in [0.25, 0.3) is 0 Å². The number of likely N-dealkylation sites (N-methyl/N-ethyl adjacent to an activating group) is 2. The maximum atomic E-state index is 15.5. The van der Waals surface area contributed by atoms with Gasteiger partial charge in [-0.15, -0.1) is 0 Å². The summed E-state index contributed by atoms with van der Waals surface area (Å²) >= 11 is 3.39. The number of carbonyl (C=O) groups is 2. The van der Waals surface area contributed by atoms with E-state index in [0.29, 0.717) is 112 Å². The number of carbonyl (C=O) groups excluding carboxylic acids is 2. The summed E-state index contributed by atoms with van der Waals surface area (Å²) in [6.07, 6.45) is 1.86. The van der Waals surface area contributed by atoms with Gasteiger partial charge in [-0.1, -0.05) is 0 Å². The number of hydrogen-bond acceptors (Lipinski definition) is 12. The second kappa shape index (κ2) is 19.3. The minimum atomic E-state index is -0.708. The molecular weight excluding hydrogens is 900 g/mol. The number of anilines is 6. The first-order valence-electron chi connectivity index (χ1n) is 21.6. The lowest BCUT2D eigenvalue weighted by Gasteiger charge is -2.36. The molecule has 0 atom stereocenters. The zero-order valence-corrected chi connectivity index (χ0v) is 37.9. The third-order valence-corrected chi connectivity index (χ3v) is 13.2. The predicted octanol–water partition coefficient (Wildman–Crippen LogP) is 6.55. The van der Waals surface area contributed by atoms with E-state index in [2.05, 4.69) is 41.0 Å². The monoisotopic (exact) mass is 950 g/mol. The van der Waals surface area contributed by atoms with Gasteiger partial charge in [-0.3, -0.25) is 9.59 Å². The van der Waals surface area contributed by atoms with Crippen molar-refractivity contribution >= 4 is 84.1 Å². The van der Waals surface area contributed by atoms with Gasteiger partial charge in [0.15, 0.2) is 5.82 Å². The van der Waals surface area contributed by atoms with Crippen LogP contribution < -0.4 is 24.9 Å². The van der Waals surface area contributed by atoms with Crippen molar-refractivity contribution < 1.29 is 36.6 Å². The highest BCUT2D eigenvalue weighted by atomic mass is 79.9. The molecule has 0 saturated carbocycles. The van der Waals surface area contributed by atoms with Gasteiger partial charge in [0.1, 0.15) is 34.9 Å². The highest BCUT2D eigenvalue weighted by Gasteiger charge is 2.30. The molecule has 0 aliphatic carbocycles. The van der Waals surface area contributed by atoms with Crippen LogP contribution in [0.3, 0.4) is 0 Å². The van der Waals surface area contributed by atoms with Gasteiger partial charge in [0.05, 0.1) is 84.6 Å². The van der Waals surface area contributed by atoms with Crippen LogP contribution in [-0.2, 0) is 19.1 Å². The topological polar surface area (TPSA) is 123 Å². The van der Waals surface area contributed by atoms with Crippen molar-refractivity contribution in [3.05, 3.63) is 75.4 Å². The van der Waals surface area contributed by atoms with Crippen LogP contribution in [-0.4, -0.2) is 142 Å². The molecular formula is C45H51BrF4N10O4. The van der Waals surface area contributed by atoms with Gasteiger partial charge in [-0.25, -0.2) is 32.5 Å². The molecule has 0 spiro atoms. The Labute approximate surface area is 377 Å². The summed E-state index contributed by atoms with van der Waals surface area (Å²) in [7, 11) is 0. The van der Waals surface area contributed by atoms with Crippen LogP contribution in [0.5, 0.6) is 0 Å². The Kier molecular flexibility index (Phi) is 13.6. The van der Waals surface area contributed by atoms with E-state index in [4.69, 9.17) is 14.5 Å². The molecule has 9 rings (SSSR count). The summed E-state index contributed by atoms with van der Waals surface area (Å²) < 4.78 is 69.1. The van der Waals surface area contributed by atoms with Gasteiger partial charge >= 0.3 is 0 Å².